The van der Waals surface area contributed by atoms with Gasteiger partial charge in [-0.2, -0.15) is 0 Å². The van der Waals surface area contributed by atoms with Crippen LogP contribution in [0.2, 0.25) is 0 Å². The summed E-state index contributed by atoms with van der Waals surface area (Å²) in [6.07, 6.45) is 1.74. The first-order valence-corrected chi connectivity index (χ1v) is 5.24. The lowest BCUT2D eigenvalue weighted by Crippen LogP contribution is -1.93. The van der Waals surface area contributed by atoms with E-state index in [9.17, 15) is 4.39 Å². The lowest BCUT2D eigenvalue weighted by Gasteiger charge is -1.97. The number of nitrogen functional groups attached to an aromatic ring is 1. The Morgan fingerprint density at radius 3 is 2.65 bits per heavy atom. The molecule has 3 aromatic rings. The van der Waals surface area contributed by atoms with Gasteiger partial charge in [-0.15, -0.1) is 0 Å². The average molecular weight is 227 g/mol. The molecule has 0 saturated carbocycles. The van der Waals surface area contributed by atoms with Gasteiger partial charge in [0.15, 0.2) is 0 Å². The van der Waals surface area contributed by atoms with Gasteiger partial charge < -0.3 is 5.73 Å². The molecule has 0 atom stereocenters. The second-order valence-corrected chi connectivity index (χ2v) is 3.78. The third kappa shape index (κ3) is 1.54. The predicted molar refractivity (Wildman–Crippen MR) is 65.0 cm³/mol. The first-order chi connectivity index (χ1) is 8.25. The topological polar surface area (TPSA) is 43.3 Å². The smallest absolute Gasteiger partial charge is 0.139 e. The number of anilines is 1. The zero-order valence-corrected chi connectivity index (χ0v) is 8.97. The highest BCUT2D eigenvalue weighted by Gasteiger charge is 2.09. The van der Waals surface area contributed by atoms with Gasteiger partial charge >= 0.3 is 0 Å². The Morgan fingerprint density at radius 1 is 1.06 bits per heavy atom. The molecule has 0 aliphatic carbocycles. The molecule has 2 N–H and O–H groups in total. The lowest BCUT2D eigenvalue weighted by molar-refractivity contribution is 0.631. The highest BCUT2D eigenvalue weighted by Crippen LogP contribution is 2.23. The van der Waals surface area contributed by atoms with Gasteiger partial charge in [-0.25, -0.2) is 9.37 Å². The summed E-state index contributed by atoms with van der Waals surface area (Å²) < 4.78 is 15.4. The maximum atomic E-state index is 13.6. The number of nitrogens with zero attached hydrogens (tertiary/aromatic N) is 2. The molecule has 0 aliphatic heterocycles. The highest BCUT2D eigenvalue weighted by atomic mass is 19.1. The summed E-state index contributed by atoms with van der Waals surface area (Å²) in [4.78, 5) is 4.35. The number of hydrogen-bond donors (Lipinski definition) is 1. The molecule has 0 bridgehead atoms. The number of fused-ring (bicyclic) bond motifs is 1. The zero-order valence-electron chi connectivity index (χ0n) is 8.97. The van der Waals surface area contributed by atoms with Gasteiger partial charge in [-0.1, -0.05) is 18.2 Å². The first-order valence-electron chi connectivity index (χ1n) is 5.24. The van der Waals surface area contributed by atoms with E-state index in [1.54, 1.807) is 34.9 Å². The molecule has 0 fully saturated rings. The molecule has 4 heteroatoms. The normalized spacial score (nSPS) is 10.9. The van der Waals surface area contributed by atoms with Gasteiger partial charge in [-0.05, 0) is 24.3 Å². The van der Waals surface area contributed by atoms with Crippen LogP contribution in [0.3, 0.4) is 0 Å². The van der Waals surface area contributed by atoms with E-state index >= 15 is 0 Å². The molecule has 0 spiro atoms. The summed E-state index contributed by atoms with van der Waals surface area (Å²) in [6, 6.07) is 12.0. The Morgan fingerprint density at radius 2 is 1.88 bits per heavy atom. The molecule has 0 radical (unpaired) electrons. The summed E-state index contributed by atoms with van der Waals surface area (Å²) in [5, 5.41) is 0. The van der Waals surface area contributed by atoms with Crippen LogP contribution in [0.1, 0.15) is 0 Å². The van der Waals surface area contributed by atoms with E-state index in [0.717, 1.165) is 0 Å². The standard InChI is InChI=1S/C13H10FN3/c14-10-5-2-1-4-9(10)11-8-17-12(15)6-3-7-13(17)16-11/h1-8H,15H2. The van der Waals surface area contributed by atoms with Gasteiger partial charge in [0, 0.05) is 11.8 Å². The Kier molecular flexibility index (Phi) is 2.08. The molecule has 2 heterocycles. The van der Waals surface area contributed by atoms with Crippen LogP contribution in [-0.4, -0.2) is 9.38 Å². The van der Waals surface area contributed by atoms with Crippen molar-refractivity contribution in [2.45, 2.75) is 0 Å². The number of imidazole rings is 1. The SMILES string of the molecule is Nc1cccc2nc(-c3ccccc3F)cn12. The Bertz CT molecular complexity index is 688. The first kappa shape index (κ1) is 9.84. The molecular weight excluding hydrogens is 217 g/mol. The number of halogens is 1. The molecule has 3 rings (SSSR count). The van der Waals surface area contributed by atoms with E-state index < -0.39 is 0 Å². The minimum absolute atomic E-state index is 0.283. The van der Waals surface area contributed by atoms with Gasteiger partial charge in [0.2, 0.25) is 0 Å². The van der Waals surface area contributed by atoms with Gasteiger partial charge in [0.1, 0.15) is 17.3 Å². The van der Waals surface area contributed by atoms with E-state index in [0.29, 0.717) is 22.7 Å². The van der Waals surface area contributed by atoms with E-state index in [2.05, 4.69) is 4.98 Å². The quantitative estimate of drug-likeness (QED) is 0.694. The third-order valence-electron chi connectivity index (χ3n) is 2.67. The summed E-state index contributed by atoms with van der Waals surface area (Å²) in [5.74, 6) is 0.298. The maximum Gasteiger partial charge on any atom is 0.139 e. The van der Waals surface area contributed by atoms with Crippen LogP contribution in [0.4, 0.5) is 10.2 Å². The van der Waals surface area contributed by atoms with Crippen molar-refractivity contribution in [3.63, 3.8) is 0 Å². The predicted octanol–water partition coefficient (Wildman–Crippen LogP) is 2.72. The van der Waals surface area contributed by atoms with Crippen molar-refractivity contribution in [3.05, 3.63) is 54.5 Å². The molecular formula is C13H10FN3. The second-order valence-electron chi connectivity index (χ2n) is 3.78. The summed E-state index contributed by atoms with van der Waals surface area (Å²) in [7, 11) is 0. The van der Waals surface area contributed by atoms with Crippen molar-refractivity contribution in [3.8, 4) is 11.3 Å². The van der Waals surface area contributed by atoms with E-state index in [-0.39, 0.29) is 5.82 Å². The monoisotopic (exact) mass is 227 g/mol. The van der Waals surface area contributed by atoms with Crippen LogP contribution in [-0.2, 0) is 0 Å². The molecule has 84 valence electrons. The van der Waals surface area contributed by atoms with Crippen molar-refractivity contribution in [1.82, 2.24) is 9.38 Å². The molecule has 3 nitrogen and oxygen atoms in total. The van der Waals surface area contributed by atoms with E-state index in [4.69, 9.17) is 5.73 Å². The maximum absolute atomic E-state index is 13.6. The lowest BCUT2D eigenvalue weighted by atomic mass is 10.1. The molecule has 17 heavy (non-hydrogen) atoms. The summed E-state index contributed by atoms with van der Waals surface area (Å²) in [6.45, 7) is 0. The van der Waals surface area contributed by atoms with Crippen molar-refractivity contribution in [2.24, 2.45) is 0 Å². The highest BCUT2D eigenvalue weighted by molar-refractivity contribution is 5.64. The van der Waals surface area contributed by atoms with Crippen LogP contribution < -0.4 is 5.73 Å². The van der Waals surface area contributed by atoms with E-state index in [1.165, 1.54) is 6.07 Å². The Hall–Kier alpha value is -2.36. The number of nitrogens with two attached hydrogens (primary N) is 1. The van der Waals surface area contributed by atoms with Crippen molar-refractivity contribution in [2.75, 3.05) is 5.73 Å². The van der Waals surface area contributed by atoms with Crippen LogP contribution in [0.5, 0.6) is 0 Å². The number of aromatic nitrogens is 2. The van der Waals surface area contributed by atoms with Crippen molar-refractivity contribution >= 4 is 11.5 Å². The zero-order chi connectivity index (χ0) is 11.8. The van der Waals surface area contributed by atoms with Gasteiger partial charge in [0.25, 0.3) is 0 Å². The molecule has 2 aromatic heterocycles. The Labute approximate surface area is 97.3 Å². The fourth-order valence-electron chi connectivity index (χ4n) is 1.83. The van der Waals surface area contributed by atoms with Crippen LogP contribution in [0.15, 0.2) is 48.7 Å². The molecule has 0 aliphatic rings. The number of pyridine rings is 1. The average Bonchev–Trinajstić information content (AvgIpc) is 2.75. The second kappa shape index (κ2) is 3.59. The largest absolute Gasteiger partial charge is 0.385 e. The van der Waals surface area contributed by atoms with Crippen LogP contribution in [0, 0.1) is 5.82 Å². The fraction of sp³-hybridized carbons (Fsp3) is 0. The minimum Gasteiger partial charge on any atom is -0.385 e. The fourth-order valence-corrected chi connectivity index (χ4v) is 1.83. The minimum atomic E-state index is -0.283. The van der Waals surface area contributed by atoms with Crippen LogP contribution >= 0.6 is 0 Å². The van der Waals surface area contributed by atoms with Gasteiger partial charge in [-0.3, -0.25) is 4.40 Å². The third-order valence-corrected chi connectivity index (χ3v) is 2.67. The number of benzene rings is 1. The van der Waals surface area contributed by atoms with Crippen molar-refractivity contribution < 1.29 is 4.39 Å². The van der Waals surface area contributed by atoms with E-state index in [1.807, 2.05) is 12.1 Å². The molecule has 0 amide bonds. The van der Waals surface area contributed by atoms with Crippen LogP contribution in [0.25, 0.3) is 16.9 Å². The summed E-state index contributed by atoms with van der Waals surface area (Å²) >= 11 is 0. The van der Waals surface area contributed by atoms with Gasteiger partial charge in [0.05, 0.1) is 5.69 Å². The van der Waals surface area contributed by atoms with Crippen molar-refractivity contribution in [1.29, 1.82) is 0 Å². The molecule has 0 saturated heterocycles. The Balaban J connectivity index is 2.26. The molecule has 0 unspecified atom stereocenters. The summed E-state index contributed by atoms with van der Waals surface area (Å²) in [5.41, 5.74) is 7.59. The number of rotatable bonds is 1. The number of hydrogen-bond acceptors (Lipinski definition) is 2. The molecule has 1 aromatic carbocycles.